The highest BCUT2D eigenvalue weighted by Crippen LogP contribution is 2.36. The van der Waals surface area contributed by atoms with E-state index in [0.717, 1.165) is 18.4 Å². The Morgan fingerprint density at radius 3 is 2.89 bits per heavy atom. The molecule has 0 spiro atoms. The van der Waals surface area contributed by atoms with Gasteiger partial charge in [0.15, 0.2) is 0 Å². The zero-order valence-electron chi connectivity index (χ0n) is 11.6. The van der Waals surface area contributed by atoms with E-state index in [9.17, 15) is 0 Å². The first kappa shape index (κ1) is 13.6. The largest absolute Gasteiger partial charge is 0.327 e. The van der Waals surface area contributed by atoms with E-state index in [0.29, 0.717) is 6.04 Å². The smallest absolute Gasteiger partial charge is 0.0234 e. The monoisotopic (exact) mass is 322 g/mol. The van der Waals surface area contributed by atoms with Crippen molar-refractivity contribution in [2.45, 2.75) is 38.8 Å². The van der Waals surface area contributed by atoms with Gasteiger partial charge in [0.1, 0.15) is 0 Å². The SMILES string of the molecule is Cc1ccc(CN2CC3CCCC(N)C3C2)cc1Br. The zero-order chi connectivity index (χ0) is 13.4. The summed E-state index contributed by atoms with van der Waals surface area (Å²) in [6.07, 6.45) is 3.93. The molecule has 2 nitrogen and oxygen atoms in total. The van der Waals surface area contributed by atoms with Crippen molar-refractivity contribution in [3.63, 3.8) is 0 Å². The predicted octanol–water partition coefficient (Wildman–Crippen LogP) is 3.32. The average molecular weight is 323 g/mol. The van der Waals surface area contributed by atoms with Gasteiger partial charge in [-0.15, -0.1) is 0 Å². The second-order valence-electron chi connectivity index (χ2n) is 6.30. The van der Waals surface area contributed by atoms with Crippen molar-refractivity contribution in [3.05, 3.63) is 33.8 Å². The molecular weight excluding hydrogens is 300 g/mol. The lowest BCUT2D eigenvalue weighted by Crippen LogP contribution is -2.38. The van der Waals surface area contributed by atoms with Crippen LogP contribution in [0.25, 0.3) is 0 Å². The molecule has 0 aromatic heterocycles. The van der Waals surface area contributed by atoms with Crippen molar-refractivity contribution in [1.29, 1.82) is 0 Å². The lowest BCUT2D eigenvalue weighted by molar-refractivity contribution is 0.259. The predicted molar refractivity (Wildman–Crippen MR) is 83.0 cm³/mol. The van der Waals surface area contributed by atoms with Crippen LogP contribution in [0, 0.1) is 18.8 Å². The first-order valence-electron chi connectivity index (χ1n) is 7.36. The minimum Gasteiger partial charge on any atom is -0.327 e. The first-order valence-corrected chi connectivity index (χ1v) is 8.16. The van der Waals surface area contributed by atoms with Gasteiger partial charge in [-0.25, -0.2) is 0 Å². The molecule has 19 heavy (non-hydrogen) atoms. The summed E-state index contributed by atoms with van der Waals surface area (Å²) in [5.41, 5.74) is 9.00. The van der Waals surface area contributed by atoms with Crippen LogP contribution in [0.1, 0.15) is 30.4 Å². The number of likely N-dealkylation sites (tertiary alicyclic amines) is 1. The number of fused-ring (bicyclic) bond motifs is 1. The Balaban J connectivity index is 1.66. The molecule has 3 rings (SSSR count). The molecule has 0 amide bonds. The van der Waals surface area contributed by atoms with Crippen molar-refractivity contribution in [3.8, 4) is 0 Å². The van der Waals surface area contributed by atoms with Crippen LogP contribution < -0.4 is 5.73 Å². The van der Waals surface area contributed by atoms with Crippen molar-refractivity contribution >= 4 is 15.9 Å². The maximum absolute atomic E-state index is 6.29. The number of rotatable bonds is 2. The van der Waals surface area contributed by atoms with Crippen LogP contribution in [-0.4, -0.2) is 24.0 Å². The number of hydrogen-bond acceptors (Lipinski definition) is 2. The number of benzene rings is 1. The van der Waals surface area contributed by atoms with E-state index in [1.807, 2.05) is 0 Å². The third kappa shape index (κ3) is 2.88. The quantitative estimate of drug-likeness (QED) is 0.905. The fourth-order valence-corrected chi connectivity index (χ4v) is 4.16. The standard InChI is InChI=1S/C16H23BrN2/c1-11-5-6-12(7-15(11)17)8-19-9-13-3-2-4-16(18)14(13)10-19/h5-7,13-14,16H,2-4,8-10,18H2,1H3. The van der Waals surface area contributed by atoms with E-state index >= 15 is 0 Å². The van der Waals surface area contributed by atoms with Crippen LogP contribution in [-0.2, 0) is 6.54 Å². The van der Waals surface area contributed by atoms with E-state index in [2.05, 4.69) is 46.0 Å². The summed E-state index contributed by atoms with van der Waals surface area (Å²) in [6.45, 7) is 5.64. The Labute approximate surface area is 124 Å². The number of nitrogens with zero attached hydrogens (tertiary/aromatic N) is 1. The Hall–Kier alpha value is -0.380. The summed E-state index contributed by atoms with van der Waals surface area (Å²) in [4.78, 5) is 2.59. The Morgan fingerprint density at radius 1 is 1.32 bits per heavy atom. The van der Waals surface area contributed by atoms with E-state index in [1.54, 1.807) is 0 Å². The highest BCUT2D eigenvalue weighted by Gasteiger charge is 2.38. The fraction of sp³-hybridized carbons (Fsp3) is 0.625. The second-order valence-corrected chi connectivity index (χ2v) is 7.15. The molecule has 3 atom stereocenters. The molecule has 104 valence electrons. The summed E-state index contributed by atoms with van der Waals surface area (Å²) < 4.78 is 1.22. The van der Waals surface area contributed by atoms with Gasteiger partial charge in [0, 0.05) is 30.1 Å². The zero-order valence-corrected chi connectivity index (χ0v) is 13.2. The topological polar surface area (TPSA) is 29.3 Å². The van der Waals surface area contributed by atoms with Crippen LogP contribution in [0.15, 0.2) is 22.7 Å². The van der Waals surface area contributed by atoms with Crippen LogP contribution in [0.2, 0.25) is 0 Å². The van der Waals surface area contributed by atoms with Gasteiger partial charge < -0.3 is 5.73 Å². The van der Waals surface area contributed by atoms with E-state index in [-0.39, 0.29) is 0 Å². The third-order valence-electron chi connectivity index (χ3n) is 4.87. The molecule has 2 aliphatic rings. The minimum absolute atomic E-state index is 0.438. The lowest BCUT2D eigenvalue weighted by atomic mass is 9.78. The second kappa shape index (κ2) is 5.55. The van der Waals surface area contributed by atoms with Gasteiger partial charge in [0.2, 0.25) is 0 Å². The van der Waals surface area contributed by atoms with Gasteiger partial charge in [0.05, 0.1) is 0 Å². The highest BCUT2D eigenvalue weighted by molar-refractivity contribution is 9.10. The molecule has 2 N–H and O–H groups in total. The molecule has 0 radical (unpaired) electrons. The molecule has 1 saturated heterocycles. The van der Waals surface area contributed by atoms with Crippen molar-refractivity contribution < 1.29 is 0 Å². The normalized spacial score (nSPS) is 31.4. The minimum atomic E-state index is 0.438. The Kier molecular flexibility index (Phi) is 3.97. The molecule has 1 saturated carbocycles. The molecule has 1 aliphatic carbocycles. The van der Waals surface area contributed by atoms with Gasteiger partial charge >= 0.3 is 0 Å². The molecule has 0 bridgehead atoms. The maximum atomic E-state index is 6.29. The molecule has 1 heterocycles. The third-order valence-corrected chi connectivity index (χ3v) is 5.73. The average Bonchev–Trinajstić information content (AvgIpc) is 2.78. The fourth-order valence-electron chi connectivity index (χ4n) is 3.73. The first-order chi connectivity index (χ1) is 9.13. The van der Waals surface area contributed by atoms with Crippen LogP contribution in [0.3, 0.4) is 0 Å². The molecule has 1 aromatic rings. The number of aryl methyl sites for hydroxylation is 1. The van der Waals surface area contributed by atoms with Gasteiger partial charge in [-0.3, -0.25) is 4.90 Å². The lowest BCUT2D eigenvalue weighted by Gasteiger charge is -2.29. The molecule has 1 aliphatic heterocycles. The Morgan fingerprint density at radius 2 is 2.16 bits per heavy atom. The summed E-state index contributed by atoms with van der Waals surface area (Å²) in [5.74, 6) is 1.58. The molecule has 3 heteroatoms. The van der Waals surface area contributed by atoms with E-state index in [1.165, 1.54) is 48.0 Å². The van der Waals surface area contributed by atoms with Gasteiger partial charge in [-0.05, 0) is 48.8 Å². The summed E-state index contributed by atoms with van der Waals surface area (Å²) >= 11 is 3.63. The van der Waals surface area contributed by atoms with Gasteiger partial charge in [-0.1, -0.05) is 34.5 Å². The van der Waals surface area contributed by atoms with Gasteiger partial charge in [-0.2, -0.15) is 0 Å². The number of hydrogen-bond donors (Lipinski definition) is 1. The summed E-state index contributed by atoms with van der Waals surface area (Å²) in [7, 11) is 0. The molecular formula is C16H23BrN2. The van der Waals surface area contributed by atoms with Crippen molar-refractivity contribution in [2.75, 3.05) is 13.1 Å². The summed E-state index contributed by atoms with van der Waals surface area (Å²) in [5, 5.41) is 0. The van der Waals surface area contributed by atoms with E-state index < -0.39 is 0 Å². The number of halogens is 1. The molecule has 3 unspecified atom stereocenters. The van der Waals surface area contributed by atoms with E-state index in [4.69, 9.17) is 5.73 Å². The number of nitrogens with two attached hydrogens (primary N) is 1. The Bertz CT molecular complexity index is 460. The molecule has 1 aromatic carbocycles. The van der Waals surface area contributed by atoms with Crippen LogP contribution in [0.5, 0.6) is 0 Å². The van der Waals surface area contributed by atoms with Crippen molar-refractivity contribution in [1.82, 2.24) is 4.90 Å². The molecule has 2 fully saturated rings. The van der Waals surface area contributed by atoms with Crippen LogP contribution in [0.4, 0.5) is 0 Å². The van der Waals surface area contributed by atoms with Crippen molar-refractivity contribution in [2.24, 2.45) is 17.6 Å². The highest BCUT2D eigenvalue weighted by atomic mass is 79.9. The van der Waals surface area contributed by atoms with Gasteiger partial charge in [0.25, 0.3) is 0 Å². The van der Waals surface area contributed by atoms with Crippen LogP contribution >= 0.6 is 15.9 Å². The maximum Gasteiger partial charge on any atom is 0.0234 e. The summed E-state index contributed by atoms with van der Waals surface area (Å²) in [6, 6.07) is 7.15.